The van der Waals surface area contributed by atoms with Gasteiger partial charge in [-0.1, -0.05) is 6.07 Å². The number of carbonyl (C=O) groups excluding carboxylic acids is 1. The van der Waals surface area contributed by atoms with E-state index < -0.39 is 12.1 Å². The number of aliphatic carboxylic acids is 1. The van der Waals surface area contributed by atoms with E-state index in [-0.39, 0.29) is 18.1 Å². The first-order valence-corrected chi connectivity index (χ1v) is 11.2. The fraction of sp³-hybridized carbons (Fsp3) is 0.700. The van der Waals surface area contributed by atoms with E-state index in [4.69, 9.17) is 19.4 Å². The highest BCUT2D eigenvalue weighted by Gasteiger charge is 2.43. The van der Waals surface area contributed by atoms with Crippen LogP contribution in [0.15, 0.2) is 17.5 Å². The van der Waals surface area contributed by atoms with Crippen molar-refractivity contribution >= 4 is 23.2 Å². The van der Waals surface area contributed by atoms with Crippen LogP contribution in [-0.2, 0) is 25.6 Å². The molecule has 11 heteroatoms. The first-order chi connectivity index (χ1) is 14.7. The van der Waals surface area contributed by atoms with Crippen LogP contribution >= 0.6 is 11.3 Å². The van der Waals surface area contributed by atoms with Gasteiger partial charge in [0.2, 0.25) is 5.91 Å². The van der Waals surface area contributed by atoms with Gasteiger partial charge in [0, 0.05) is 30.7 Å². The zero-order valence-electron chi connectivity index (χ0n) is 17.0. The molecular weight excluding hydrogens is 437 g/mol. The SMILES string of the molecule is O=C(NCc1cccs1)[C@@H]1C[C@@H]2CCN(C3CCOCC3)C[C@H]2O1.O=C(O)C(F)(F)F. The van der Waals surface area contributed by atoms with Crippen molar-refractivity contribution < 1.29 is 37.3 Å². The standard InChI is InChI=1S/C18H26N2O3S.C2HF3O2/c21-18(19-11-15-2-1-9-24-15)16-10-13-3-6-20(12-17(13)23-16)14-4-7-22-8-5-14;3-2(4,5)1(6)7/h1-2,9,13-14,16-17H,3-8,10-12H2,(H,19,21);(H,6,7)/t13-,16-,17+;/m0./s1. The zero-order chi connectivity index (χ0) is 22.4. The smallest absolute Gasteiger partial charge is 0.475 e. The van der Waals surface area contributed by atoms with Gasteiger partial charge in [0.15, 0.2) is 0 Å². The van der Waals surface area contributed by atoms with Gasteiger partial charge in [-0.2, -0.15) is 13.2 Å². The van der Waals surface area contributed by atoms with Crippen molar-refractivity contribution in [2.24, 2.45) is 5.92 Å². The predicted octanol–water partition coefficient (Wildman–Crippen LogP) is 2.66. The third-order valence-corrected chi connectivity index (χ3v) is 6.72. The number of thiophene rings is 1. The monoisotopic (exact) mass is 464 g/mol. The topological polar surface area (TPSA) is 88.1 Å². The second-order valence-electron chi connectivity index (χ2n) is 7.89. The number of piperidine rings is 1. The molecule has 0 saturated carbocycles. The molecule has 0 unspecified atom stereocenters. The number of carboxylic acids is 1. The lowest BCUT2D eigenvalue weighted by Crippen LogP contribution is -2.49. The molecule has 1 amide bonds. The van der Waals surface area contributed by atoms with Gasteiger partial charge in [-0.15, -0.1) is 11.3 Å². The Morgan fingerprint density at radius 1 is 1.26 bits per heavy atom. The molecule has 1 aromatic rings. The van der Waals surface area contributed by atoms with E-state index in [1.165, 1.54) is 4.88 Å². The summed E-state index contributed by atoms with van der Waals surface area (Å²) >= 11 is 1.67. The minimum Gasteiger partial charge on any atom is -0.475 e. The minimum atomic E-state index is -5.08. The summed E-state index contributed by atoms with van der Waals surface area (Å²) in [5.41, 5.74) is 0. The molecule has 3 aliphatic heterocycles. The highest BCUT2D eigenvalue weighted by molar-refractivity contribution is 7.09. The lowest BCUT2D eigenvalue weighted by molar-refractivity contribution is -0.192. The largest absolute Gasteiger partial charge is 0.490 e. The Kier molecular flexibility index (Phi) is 8.31. The van der Waals surface area contributed by atoms with Gasteiger partial charge in [-0.05, 0) is 49.6 Å². The van der Waals surface area contributed by atoms with E-state index in [0.717, 1.165) is 52.0 Å². The van der Waals surface area contributed by atoms with Crippen LogP contribution in [0.3, 0.4) is 0 Å². The van der Waals surface area contributed by atoms with Gasteiger partial charge in [-0.25, -0.2) is 4.79 Å². The van der Waals surface area contributed by atoms with Crippen molar-refractivity contribution in [2.45, 2.75) is 56.7 Å². The highest BCUT2D eigenvalue weighted by atomic mass is 32.1. The molecule has 0 spiro atoms. The van der Waals surface area contributed by atoms with Crippen molar-refractivity contribution in [1.29, 1.82) is 0 Å². The Hall–Kier alpha value is -1.69. The molecule has 3 saturated heterocycles. The summed E-state index contributed by atoms with van der Waals surface area (Å²) < 4.78 is 43.3. The Balaban J connectivity index is 0.000000339. The van der Waals surface area contributed by atoms with Crippen molar-refractivity contribution in [3.8, 4) is 0 Å². The number of rotatable bonds is 4. The van der Waals surface area contributed by atoms with Crippen LogP contribution in [0.1, 0.15) is 30.6 Å². The lowest BCUT2D eigenvalue weighted by atomic mass is 9.90. The van der Waals surface area contributed by atoms with E-state index in [2.05, 4.69) is 10.2 Å². The van der Waals surface area contributed by atoms with Gasteiger partial charge in [-0.3, -0.25) is 9.69 Å². The van der Waals surface area contributed by atoms with Crippen LogP contribution in [-0.4, -0.2) is 72.6 Å². The maximum atomic E-state index is 12.4. The zero-order valence-corrected chi connectivity index (χ0v) is 17.8. The van der Waals surface area contributed by atoms with E-state index >= 15 is 0 Å². The normalized spacial score (nSPS) is 27.1. The third kappa shape index (κ3) is 6.90. The quantitative estimate of drug-likeness (QED) is 0.713. The molecule has 3 fully saturated rings. The molecule has 0 aliphatic carbocycles. The van der Waals surface area contributed by atoms with Gasteiger partial charge < -0.3 is 19.9 Å². The van der Waals surface area contributed by atoms with Crippen LogP contribution in [0.5, 0.6) is 0 Å². The van der Waals surface area contributed by atoms with Crippen LogP contribution in [0.2, 0.25) is 0 Å². The third-order valence-electron chi connectivity index (χ3n) is 5.84. The van der Waals surface area contributed by atoms with E-state index in [0.29, 0.717) is 18.5 Å². The molecule has 0 aromatic carbocycles. The number of hydrogen-bond acceptors (Lipinski definition) is 6. The Morgan fingerprint density at radius 3 is 2.58 bits per heavy atom. The van der Waals surface area contributed by atoms with E-state index in [1.807, 2.05) is 17.5 Å². The number of nitrogens with zero attached hydrogens (tertiary/aromatic N) is 1. The van der Waals surface area contributed by atoms with Crippen LogP contribution in [0, 0.1) is 5.92 Å². The minimum absolute atomic E-state index is 0.0513. The van der Waals surface area contributed by atoms with Gasteiger partial charge in [0.25, 0.3) is 0 Å². The van der Waals surface area contributed by atoms with Crippen LogP contribution in [0.25, 0.3) is 0 Å². The lowest BCUT2D eigenvalue weighted by Gasteiger charge is -2.40. The Bertz CT molecular complexity index is 725. The summed E-state index contributed by atoms with van der Waals surface area (Å²) in [6.07, 6.45) is -0.850. The number of carboxylic acid groups (broad SMARTS) is 1. The average Bonchev–Trinajstić information content (AvgIpc) is 3.41. The summed E-state index contributed by atoms with van der Waals surface area (Å²) in [5.74, 6) is -2.17. The number of amides is 1. The number of fused-ring (bicyclic) bond motifs is 1. The molecule has 0 bridgehead atoms. The van der Waals surface area contributed by atoms with E-state index in [1.54, 1.807) is 11.3 Å². The van der Waals surface area contributed by atoms with Crippen molar-refractivity contribution in [3.05, 3.63) is 22.4 Å². The molecule has 7 nitrogen and oxygen atoms in total. The van der Waals surface area contributed by atoms with Crippen LogP contribution in [0.4, 0.5) is 13.2 Å². The summed E-state index contributed by atoms with van der Waals surface area (Å²) in [4.78, 5) is 25.1. The summed E-state index contributed by atoms with van der Waals surface area (Å²) in [6, 6.07) is 4.69. The molecule has 3 atom stereocenters. The molecule has 4 rings (SSSR count). The van der Waals surface area contributed by atoms with Gasteiger partial charge >= 0.3 is 12.1 Å². The molecule has 2 N–H and O–H groups in total. The van der Waals surface area contributed by atoms with Gasteiger partial charge in [0.1, 0.15) is 6.10 Å². The predicted molar refractivity (Wildman–Crippen MR) is 107 cm³/mol. The average molecular weight is 465 g/mol. The number of carbonyl (C=O) groups is 2. The second-order valence-corrected chi connectivity index (χ2v) is 8.92. The summed E-state index contributed by atoms with van der Waals surface area (Å²) in [6.45, 7) is 4.48. The van der Waals surface area contributed by atoms with Crippen molar-refractivity contribution in [3.63, 3.8) is 0 Å². The van der Waals surface area contributed by atoms with E-state index in [9.17, 15) is 18.0 Å². The number of alkyl halides is 3. The fourth-order valence-electron chi connectivity index (χ4n) is 4.21. The summed E-state index contributed by atoms with van der Waals surface area (Å²) in [7, 11) is 0. The maximum absolute atomic E-state index is 12.4. The Morgan fingerprint density at radius 2 is 1.97 bits per heavy atom. The molecule has 4 heterocycles. The Labute approximate surface area is 182 Å². The molecule has 3 aliphatic rings. The van der Waals surface area contributed by atoms with Crippen molar-refractivity contribution in [1.82, 2.24) is 10.2 Å². The molecule has 1 aromatic heterocycles. The molecule has 31 heavy (non-hydrogen) atoms. The number of halogens is 3. The van der Waals surface area contributed by atoms with Crippen molar-refractivity contribution in [2.75, 3.05) is 26.3 Å². The maximum Gasteiger partial charge on any atom is 0.490 e. The van der Waals surface area contributed by atoms with Gasteiger partial charge in [0.05, 0.1) is 12.6 Å². The number of ether oxygens (including phenoxy) is 2. The first kappa shape index (κ1) is 24.0. The fourth-order valence-corrected chi connectivity index (χ4v) is 4.85. The first-order valence-electron chi connectivity index (χ1n) is 10.3. The summed E-state index contributed by atoms with van der Waals surface area (Å²) in [5, 5.41) is 12.2. The van der Waals surface area contributed by atoms with Crippen LogP contribution < -0.4 is 5.32 Å². The highest BCUT2D eigenvalue weighted by Crippen LogP contribution is 2.35. The molecule has 0 radical (unpaired) electrons. The second kappa shape index (κ2) is 10.8. The number of hydrogen-bond donors (Lipinski definition) is 2. The number of nitrogens with one attached hydrogen (secondary N) is 1. The molecule has 174 valence electrons. The number of likely N-dealkylation sites (tertiary alicyclic amines) is 1. The molecular formula is C20H27F3N2O5S.